The number of ether oxygens (including phenoxy) is 2. The lowest BCUT2D eigenvalue weighted by atomic mass is 9.99. The van der Waals surface area contributed by atoms with E-state index in [0.717, 1.165) is 42.5 Å². The highest BCUT2D eigenvalue weighted by Gasteiger charge is 2.36. The number of rotatable bonds is 2. The third-order valence-corrected chi connectivity index (χ3v) is 4.24. The first-order valence-electron chi connectivity index (χ1n) is 7.77. The molecule has 1 amide bonds. The van der Waals surface area contributed by atoms with Crippen LogP contribution >= 0.6 is 0 Å². The van der Waals surface area contributed by atoms with Crippen LogP contribution in [0.3, 0.4) is 0 Å². The average molecular weight is 289 g/mol. The summed E-state index contributed by atoms with van der Waals surface area (Å²) in [4.78, 5) is 14.8. The Morgan fingerprint density at radius 1 is 1.10 bits per heavy atom. The molecule has 2 saturated heterocycles. The van der Waals surface area contributed by atoms with Gasteiger partial charge in [0.25, 0.3) is 5.91 Å². The fraction of sp³-hybridized carbons (Fsp3) is 0.588. The van der Waals surface area contributed by atoms with Crippen molar-refractivity contribution in [3.05, 3.63) is 34.9 Å². The number of piperidine rings is 1. The van der Waals surface area contributed by atoms with Gasteiger partial charge in [-0.05, 0) is 45.2 Å². The van der Waals surface area contributed by atoms with Crippen LogP contribution in [0.5, 0.6) is 0 Å². The Bertz CT molecular complexity index is 503. The second-order valence-electron chi connectivity index (χ2n) is 6.05. The van der Waals surface area contributed by atoms with E-state index in [0.29, 0.717) is 13.2 Å². The number of likely N-dealkylation sites (tertiary alicyclic amines) is 1. The van der Waals surface area contributed by atoms with Crippen molar-refractivity contribution in [3.8, 4) is 0 Å². The first-order chi connectivity index (χ1) is 10.1. The van der Waals surface area contributed by atoms with Gasteiger partial charge in [-0.25, -0.2) is 0 Å². The smallest absolute Gasteiger partial charge is 0.254 e. The monoisotopic (exact) mass is 289 g/mol. The SMILES string of the molecule is Cc1cc(C)cc(C(=O)N2CCCC[C@H]2C2OCCO2)c1. The van der Waals surface area contributed by atoms with Gasteiger partial charge >= 0.3 is 0 Å². The number of aryl methyl sites for hydroxylation is 2. The van der Waals surface area contributed by atoms with Gasteiger partial charge in [0.1, 0.15) is 0 Å². The predicted octanol–water partition coefficient (Wildman–Crippen LogP) is 2.67. The molecule has 0 spiro atoms. The minimum atomic E-state index is -0.250. The van der Waals surface area contributed by atoms with Crippen LogP contribution in [-0.2, 0) is 9.47 Å². The fourth-order valence-corrected chi connectivity index (χ4v) is 3.36. The highest BCUT2D eigenvalue weighted by Crippen LogP contribution is 2.26. The summed E-state index contributed by atoms with van der Waals surface area (Å²) >= 11 is 0. The van der Waals surface area contributed by atoms with Crippen molar-refractivity contribution in [2.24, 2.45) is 0 Å². The van der Waals surface area contributed by atoms with E-state index in [-0.39, 0.29) is 18.2 Å². The molecule has 0 saturated carbocycles. The molecule has 0 unspecified atom stereocenters. The van der Waals surface area contributed by atoms with Crippen LogP contribution in [0, 0.1) is 13.8 Å². The normalized spacial score (nSPS) is 23.5. The van der Waals surface area contributed by atoms with Gasteiger partial charge in [-0.1, -0.05) is 17.2 Å². The minimum absolute atomic E-state index is 0.0505. The topological polar surface area (TPSA) is 38.8 Å². The standard InChI is InChI=1S/C17H23NO3/c1-12-9-13(2)11-14(10-12)16(19)18-6-4-3-5-15(18)17-20-7-8-21-17/h9-11,15,17H,3-8H2,1-2H3/t15-/m0/s1. The second kappa shape index (κ2) is 6.16. The Hall–Kier alpha value is -1.39. The van der Waals surface area contributed by atoms with E-state index in [2.05, 4.69) is 6.07 Å². The van der Waals surface area contributed by atoms with Gasteiger partial charge < -0.3 is 14.4 Å². The first-order valence-corrected chi connectivity index (χ1v) is 7.77. The van der Waals surface area contributed by atoms with E-state index in [9.17, 15) is 4.79 Å². The number of benzene rings is 1. The Morgan fingerprint density at radius 3 is 2.43 bits per heavy atom. The average Bonchev–Trinajstić information content (AvgIpc) is 2.99. The van der Waals surface area contributed by atoms with Gasteiger partial charge in [-0.3, -0.25) is 4.79 Å². The van der Waals surface area contributed by atoms with Crippen LogP contribution < -0.4 is 0 Å². The highest BCUT2D eigenvalue weighted by molar-refractivity contribution is 5.95. The van der Waals surface area contributed by atoms with Crippen molar-refractivity contribution in [2.75, 3.05) is 19.8 Å². The summed E-state index contributed by atoms with van der Waals surface area (Å²) in [6, 6.07) is 6.08. The number of nitrogens with zero attached hydrogens (tertiary/aromatic N) is 1. The van der Waals surface area contributed by atoms with E-state index in [1.54, 1.807) is 0 Å². The lowest BCUT2D eigenvalue weighted by Crippen LogP contribution is -2.50. The molecular formula is C17H23NO3. The molecule has 3 rings (SSSR count). The summed E-state index contributed by atoms with van der Waals surface area (Å²) in [6.07, 6.45) is 2.89. The van der Waals surface area contributed by atoms with Gasteiger partial charge in [-0.15, -0.1) is 0 Å². The third-order valence-electron chi connectivity index (χ3n) is 4.24. The van der Waals surface area contributed by atoms with E-state index in [1.165, 1.54) is 0 Å². The van der Waals surface area contributed by atoms with E-state index < -0.39 is 0 Å². The molecule has 0 N–H and O–H groups in total. The molecule has 114 valence electrons. The second-order valence-corrected chi connectivity index (χ2v) is 6.05. The summed E-state index contributed by atoms with van der Waals surface area (Å²) in [7, 11) is 0. The van der Waals surface area contributed by atoms with Gasteiger partial charge in [0.2, 0.25) is 0 Å². The number of carbonyl (C=O) groups is 1. The summed E-state index contributed by atoms with van der Waals surface area (Å²) in [5, 5.41) is 0. The molecule has 0 bridgehead atoms. The third kappa shape index (κ3) is 3.11. The zero-order chi connectivity index (χ0) is 14.8. The zero-order valence-corrected chi connectivity index (χ0v) is 12.8. The van der Waals surface area contributed by atoms with Crippen molar-refractivity contribution in [3.63, 3.8) is 0 Å². The maximum absolute atomic E-state index is 12.9. The number of amides is 1. The number of hydrogen-bond donors (Lipinski definition) is 0. The van der Waals surface area contributed by atoms with Crippen LogP contribution in [0.2, 0.25) is 0 Å². The molecule has 2 aliphatic heterocycles. The highest BCUT2D eigenvalue weighted by atomic mass is 16.7. The van der Waals surface area contributed by atoms with Crippen molar-refractivity contribution in [2.45, 2.75) is 45.4 Å². The van der Waals surface area contributed by atoms with Crippen LogP contribution in [0.1, 0.15) is 40.7 Å². The van der Waals surface area contributed by atoms with Crippen molar-refractivity contribution in [1.82, 2.24) is 4.90 Å². The van der Waals surface area contributed by atoms with Crippen LogP contribution in [0.25, 0.3) is 0 Å². The molecule has 0 aromatic heterocycles. The minimum Gasteiger partial charge on any atom is -0.348 e. The zero-order valence-electron chi connectivity index (χ0n) is 12.8. The Morgan fingerprint density at radius 2 is 1.76 bits per heavy atom. The fourth-order valence-electron chi connectivity index (χ4n) is 3.36. The largest absolute Gasteiger partial charge is 0.348 e. The Kier molecular flexibility index (Phi) is 4.27. The predicted molar refractivity (Wildman–Crippen MR) is 80.3 cm³/mol. The maximum atomic E-state index is 12.9. The van der Waals surface area contributed by atoms with E-state index in [4.69, 9.17) is 9.47 Å². The lowest BCUT2D eigenvalue weighted by Gasteiger charge is -2.38. The molecule has 1 aromatic carbocycles. The van der Waals surface area contributed by atoms with Crippen LogP contribution in [-0.4, -0.2) is 42.9 Å². The summed E-state index contributed by atoms with van der Waals surface area (Å²) < 4.78 is 11.3. The number of carbonyl (C=O) groups excluding carboxylic acids is 1. The first kappa shape index (κ1) is 14.5. The van der Waals surface area contributed by atoms with Crippen molar-refractivity contribution in [1.29, 1.82) is 0 Å². The molecular weight excluding hydrogens is 266 g/mol. The number of hydrogen-bond acceptors (Lipinski definition) is 3. The molecule has 0 aliphatic carbocycles. The van der Waals surface area contributed by atoms with Crippen LogP contribution in [0.15, 0.2) is 18.2 Å². The molecule has 2 fully saturated rings. The Balaban J connectivity index is 1.83. The van der Waals surface area contributed by atoms with E-state index >= 15 is 0 Å². The van der Waals surface area contributed by atoms with Gasteiger partial charge in [0, 0.05) is 12.1 Å². The quantitative estimate of drug-likeness (QED) is 0.840. The van der Waals surface area contributed by atoms with Crippen LogP contribution in [0.4, 0.5) is 0 Å². The van der Waals surface area contributed by atoms with Gasteiger partial charge in [0.15, 0.2) is 6.29 Å². The van der Waals surface area contributed by atoms with Crippen molar-refractivity contribution < 1.29 is 14.3 Å². The molecule has 2 aliphatic rings. The lowest BCUT2D eigenvalue weighted by molar-refractivity contribution is -0.100. The molecule has 2 heterocycles. The summed E-state index contributed by atoms with van der Waals surface area (Å²) in [6.45, 7) is 6.11. The maximum Gasteiger partial charge on any atom is 0.254 e. The molecule has 0 radical (unpaired) electrons. The molecule has 4 nitrogen and oxygen atoms in total. The van der Waals surface area contributed by atoms with Gasteiger partial charge in [-0.2, -0.15) is 0 Å². The Labute approximate surface area is 126 Å². The van der Waals surface area contributed by atoms with E-state index in [1.807, 2.05) is 30.9 Å². The van der Waals surface area contributed by atoms with Gasteiger partial charge in [0.05, 0.1) is 19.3 Å². The molecule has 1 atom stereocenters. The van der Waals surface area contributed by atoms with Crippen molar-refractivity contribution >= 4 is 5.91 Å². The summed E-state index contributed by atoms with van der Waals surface area (Å²) in [5.41, 5.74) is 3.03. The molecule has 4 heteroatoms. The summed E-state index contributed by atoms with van der Waals surface area (Å²) in [5.74, 6) is 0.102. The molecule has 21 heavy (non-hydrogen) atoms. The molecule has 1 aromatic rings.